The number of carbonyl (C=O) groups excluding carboxylic acids is 1. The van der Waals surface area contributed by atoms with Crippen LogP contribution in [0.15, 0.2) is 24.3 Å². The second-order valence-corrected chi connectivity index (χ2v) is 4.86. The van der Waals surface area contributed by atoms with Gasteiger partial charge in [-0.1, -0.05) is 31.5 Å². The zero-order chi connectivity index (χ0) is 13.7. The molecule has 0 aromatic heterocycles. The summed E-state index contributed by atoms with van der Waals surface area (Å²) in [6, 6.07) is 6.25. The van der Waals surface area contributed by atoms with Gasteiger partial charge in [-0.2, -0.15) is 0 Å². The van der Waals surface area contributed by atoms with Crippen LogP contribution >= 0.6 is 0 Å². The second-order valence-electron chi connectivity index (χ2n) is 4.86. The Kier molecular flexibility index (Phi) is 4.89. The van der Waals surface area contributed by atoms with E-state index in [1.165, 1.54) is 0 Å². The van der Waals surface area contributed by atoms with Crippen molar-refractivity contribution >= 4 is 11.9 Å². The van der Waals surface area contributed by atoms with Crippen molar-refractivity contribution in [1.29, 1.82) is 0 Å². The van der Waals surface area contributed by atoms with E-state index in [0.717, 1.165) is 5.56 Å². The fraction of sp³-hybridized carbons (Fsp3) is 0.429. The minimum atomic E-state index is -0.996. The first kappa shape index (κ1) is 14.2. The van der Waals surface area contributed by atoms with Gasteiger partial charge >= 0.3 is 5.97 Å². The Balaban J connectivity index is 2.75. The number of hydrogen-bond acceptors (Lipinski definition) is 2. The monoisotopic (exact) mass is 249 g/mol. The molecule has 4 nitrogen and oxygen atoms in total. The molecule has 0 radical (unpaired) electrons. The Morgan fingerprint density at radius 3 is 2.50 bits per heavy atom. The standard InChI is InChI=1S/C14H19NO3/c1-9(2)7-12(14(17)18)15-13(16)11-6-4-5-10(3)8-11/h4-6,8-9,12H,7H2,1-3H3,(H,15,16)(H,17,18)/t12-/m1/s1. The van der Waals surface area contributed by atoms with E-state index in [1.54, 1.807) is 18.2 Å². The lowest BCUT2D eigenvalue weighted by Gasteiger charge is -2.16. The number of amides is 1. The first-order valence-electron chi connectivity index (χ1n) is 6.00. The number of aliphatic carboxylic acids is 1. The van der Waals surface area contributed by atoms with E-state index < -0.39 is 12.0 Å². The van der Waals surface area contributed by atoms with Gasteiger partial charge in [0.25, 0.3) is 5.91 Å². The molecule has 0 bridgehead atoms. The average molecular weight is 249 g/mol. The summed E-state index contributed by atoms with van der Waals surface area (Å²) in [4.78, 5) is 23.0. The van der Waals surface area contributed by atoms with Gasteiger partial charge in [-0.05, 0) is 31.4 Å². The van der Waals surface area contributed by atoms with E-state index in [2.05, 4.69) is 5.32 Å². The summed E-state index contributed by atoms with van der Waals surface area (Å²) in [6.45, 7) is 5.74. The molecule has 0 fully saturated rings. The third-order valence-corrected chi connectivity index (χ3v) is 2.59. The smallest absolute Gasteiger partial charge is 0.326 e. The van der Waals surface area contributed by atoms with E-state index >= 15 is 0 Å². The molecule has 1 atom stereocenters. The van der Waals surface area contributed by atoms with Crippen LogP contribution in [0, 0.1) is 12.8 Å². The lowest BCUT2D eigenvalue weighted by atomic mass is 10.0. The van der Waals surface area contributed by atoms with Crippen LogP contribution in [-0.2, 0) is 4.79 Å². The number of carboxylic acids is 1. The molecule has 98 valence electrons. The van der Waals surface area contributed by atoms with Crippen LogP contribution in [0.3, 0.4) is 0 Å². The van der Waals surface area contributed by atoms with E-state index in [0.29, 0.717) is 12.0 Å². The van der Waals surface area contributed by atoms with Crippen LogP contribution in [0.2, 0.25) is 0 Å². The molecule has 0 unspecified atom stereocenters. The van der Waals surface area contributed by atoms with Gasteiger partial charge in [-0.25, -0.2) is 4.79 Å². The fourth-order valence-corrected chi connectivity index (χ4v) is 1.72. The van der Waals surface area contributed by atoms with Crippen LogP contribution in [0.25, 0.3) is 0 Å². The van der Waals surface area contributed by atoms with Gasteiger partial charge in [-0.15, -0.1) is 0 Å². The van der Waals surface area contributed by atoms with Crippen molar-refractivity contribution in [3.63, 3.8) is 0 Å². The summed E-state index contributed by atoms with van der Waals surface area (Å²) in [5.74, 6) is -1.12. The Hall–Kier alpha value is -1.84. The highest BCUT2D eigenvalue weighted by atomic mass is 16.4. The molecule has 0 aliphatic heterocycles. The maximum absolute atomic E-state index is 11.9. The molecule has 4 heteroatoms. The van der Waals surface area contributed by atoms with Crippen molar-refractivity contribution in [1.82, 2.24) is 5.32 Å². The molecular formula is C14H19NO3. The van der Waals surface area contributed by atoms with E-state index in [9.17, 15) is 9.59 Å². The summed E-state index contributed by atoms with van der Waals surface area (Å²) < 4.78 is 0. The van der Waals surface area contributed by atoms with Crippen molar-refractivity contribution in [3.8, 4) is 0 Å². The molecule has 0 aliphatic carbocycles. The fourth-order valence-electron chi connectivity index (χ4n) is 1.72. The Morgan fingerprint density at radius 2 is 2.00 bits per heavy atom. The minimum absolute atomic E-state index is 0.212. The quantitative estimate of drug-likeness (QED) is 0.841. The van der Waals surface area contributed by atoms with Crippen LogP contribution in [0.4, 0.5) is 0 Å². The molecule has 2 N–H and O–H groups in total. The van der Waals surface area contributed by atoms with Crippen LogP contribution in [0.1, 0.15) is 36.2 Å². The molecule has 0 saturated carbocycles. The lowest BCUT2D eigenvalue weighted by molar-refractivity contribution is -0.139. The Bertz CT molecular complexity index is 440. The summed E-state index contributed by atoms with van der Waals surface area (Å²) in [6.07, 6.45) is 0.424. The molecule has 1 aromatic rings. The van der Waals surface area contributed by atoms with E-state index in [4.69, 9.17) is 5.11 Å². The molecule has 0 heterocycles. The highest BCUT2D eigenvalue weighted by Gasteiger charge is 2.21. The first-order chi connectivity index (χ1) is 8.40. The summed E-state index contributed by atoms with van der Waals surface area (Å²) >= 11 is 0. The zero-order valence-electron chi connectivity index (χ0n) is 10.9. The summed E-state index contributed by atoms with van der Waals surface area (Å²) in [5, 5.41) is 11.6. The normalized spacial score (nSPS) is 12.2. The average Bonchev–Trinajstić information content (AvgIpc) is 2.27. The second kappa shape index (κ2) is 6.19. The molecule has 1 rings (SSSR count). The maximum Gasteiger partial charge on any atom is 0.326 e. The third kappa shape index (κ3) is 4.20. The first-order valence-corrected chi connectivity index (χ1v) is 6.00. The molecule has 18 heavy (non-hydrogen) atoms. The van der Waals surface area contributed by atoms with Gasteiger partial charge in [-0.3, -0.25) is 4.79 Å². The van der Waals surface area contributed by atoms with Gasteiger partial charge < -0.3 is 10.4 Å². The third-order valence-electron chi connectivity index (χ3n) is 2.59. The lowest BCUT2D eigenvalue weighted by Crippen LogP contribution is -2.41. The Labute approximate surface area is 107 Å². The van der Waals surface area contributed by atoms with Crippen molar-refractivity contribution in [3.05, 3.63) is 35.4 Å². The molecule has 1 aromatic carbocycles. The molecule has 0 saturated heterocycles. The number of benzene rings is 1. The van der Waals surface area contributed by atoms with Crippen molar-refractivity contribution < 1.29 is 14.7 Å². The maximum atomic E-state index is 11.9. The Morgan fingerprint density at radius 1 is 1.33 bits per heavy atom. The van der Waals surface area contributed by atoms with Gasteiger partial charge in [0.1, 0.15) is 6.04 Å². The van der Waals surface area contributed by atoms with Gasteiger partial charge in [0, 0.05) is 5.56 Å². The number of carboxylic acid groups (broad SMARTS) is 1. The predicted octanol–water partition coefficient (Wildman–Crippen LogP) is 2.22. The number of aryl methyl sites for hydroxylation is 1. The van der Waals surface area contributed by atoms with Gasteiger partial charge in [0.05, 0.1) is 0 Å². The summed E-state index contributed by atoms with van der Waals surface area (Å²) in [7, 11) is 0. The van der Waals surface area contributed by atoms with Crippen LogP contribution in [0.5, 0.6) is 0 Å². The van der Waals surface area contributed by atoms with Crippen molar-refractivity contribution in [2.24, 2.45) is 5.92 Å². The largest absolute Gasteiger partial charge is 0.480 e. The minimum Gasteiger partial charge on any atom is -0.480 e. The highest BCUT2D eigenvalue weighted by molar-refractivity contribution is 5.96. The SMILES string of the molecule is Cc1cccc(C(=O)N[C@H](CC(C)C)C(=O)O)c1. The van der Waals surface area contributed by atoms with E-state index in [-0.39, 0.29) is 11.8 Å². The van der Waals surface area contributed by atoms with Crippen LogP contribution < -0.4 is 5.32 Å². The molecule has 1 amide bonds. The van der Waals surface area contributed by atoms with Crippen molar-refractivity contribution in [2.45, 2.75) is 33.2 Å². The van der Waals surface area contributed by atoms with Gasteiger partial charge in [0.2, 0.25) is 0 Å². The summed E-state index contributed by atoms with van der Waals surface area (Å²) in [5.41, 5.74) is 1.46. The highest BCUT2D eigenvalue weighted by Crippen LogP contribution is 2.08. The number of nitrogens with one attached hydrogen (secondary N) is 1. The molecule has 0 spiro atoms. The van der Waals surface area contributed by atoms with Crippen LogP contribution in [-0.4, -0.2) is 23.0 Å². The van der Waals surface area contributed by atoms with Gasteiger partial charge in [0.15, 0.2) is 0 Å². The predicted molar refractivity (Wildman–Crippen MR) is 69.5 cm³/mol. The number of carbonyl (C=O) groups is 2. The molecule has 0 aliphatic rings. The van der Waals surface area contributed by atoms with Crippen molar-refractivity contribution in [2.75, 3.05) is 0 Å². The number of rotatable bonds is 5. The number of hydrogen-bond donors (Lipinski definition) is 2. The zero-order valence-corrected chi connectivity index (χ0v) is 10.9. The topological polar surface area (TPSA) is 66.4 Å². The molecular weight excluding hydrogens is 230 g/mol. The van der Waals surface area contributed by atoms with E-state index in [1.807, 2.05) is 26.8 Å².